The highest BCUT2D eigenvalue weighted by atomic mass is 19.4. The van der Waals surface area contributed by atoms with Gasteiger partial charge in [-0.1, -0.05) is 97.1 Å². The molecule has 12 rings (SSSR count). The Morgan fingerprint density at radius 2 is 0.883 bits per heavy atom. The number of benzene rings is 8. The highest BCUT2D eigenvalue weighted by Gasteiger charge is 2.31. The Balaban J connectivity index is 1.32. The summed E-state index contributed by atoms with van der Waals surface area (Å²) in [4.78, 5) is 0. The second-order valence-corrected chi connectivity index (χ2v) is 15.6. The number of hydrogen-bond donors (Lipinski definition) is 0. The number of rotatable bonds is 3. The zero-order chi connectivity index (χ0) is 40.6. The van der Waals surface area contributed by atoms with E-state index < -0.39 is 11.7 Å². The molecular formula is C52H32F3N5. The molecule has 286 valence electrons. The topological polar surface area (TPSA) is 43.5 Å². The predicted molar refractivity (Wildman–Crippen MR) is 238 cm³/mol. The molecular weight excluding hydrogens is 752 g/mol. The molecule has 4 aromatic heterocycles. The van der Waals surface area contributed by atoms with E-state index in [1.165, 1.54) is 12.1 Å². The van der Waals surface area contributed by atoms with Crippen molar-refractivity contribution in [2.45, 2.75) is 6.18 Å². The van der Waals surface area contributed by atoms with Gasteiger partial charge in [-0.15, -0.1) is 0 Å². The molecule has 0 aliphatic heterocycles. The molecule has 5 nitrogen and oxygen atoms in total. The lowest BCUT2D eigenvalue weighted by atomic mass is 9.98. The minimum absolute atomic E-state index is 0.393. The minimum atomic E-state index is -4.55. The molecule has 60 heavy (non-hydrogen) atoms. The quantitative estimate of drug-likeness (QED) is 0.176. The van der Waals surface area contributed by atoms with Crippen LogP contribution in [0.1, 0.15) is 11.1 Å². The molecule has 0 atom stereocenters. The number of alkyl halides is 3. The number of nitriles is 1. The van der Waals surface area contributed by atoms with Crippen LogP contribution in [0.5, 0.6) is 0 Å². The van der Waals surface area contributed by atoms with E-state index >= 15 is 0 Å². The Bertz CT molecular complexity index is 3650. The summed E-state index contributed by atoms with van der Waals surface area (Å²) < 4.78 is 51.9. The first-order chi connectivity index (χ1) is 29.2. The molecule has 0 bridgehead atoms. The van der Waals surface area contributed by atoms with Gasteiger partial charge in [-0.05, 0) is 71.8 Å². The third kappa shape index (κ3) is 4.52. The van der Waals surface area contributed by atoms with E-state index in [0.717, 1.165) is 93.3 Å². The zero-order valence-corrected chi connectivity index (χ0v) is 32.4. The molecule has 0 saturated carbocycles. The van der Waals surface area contributed by atoms with Crippen LogP contribution in [0, 0.1) is 11.3 Å². The second-order valence-electron chi connectivity index (χ2n) is 15.6. The van der Waals surface area contributed by atoms with Gasteiger partial charge in [0.15, 0.2) is 0 Å². The number of para-hydroxylation sites is 4. The molecule has 0 saturated heterocycles. The second kappa shape index (κ2) is 12.1. The van der Waals surface area contributed by atoms with Crippen molar-refractivity contribution in [1.29, 1.82) is 5.26 Å². The van der Waals surface area contributed by atoms with Crippen LogP contribution in [0.15, 0.2) is 158 Å². The van der Waals surface area contributed by atoms with Crippen LogP contribution in [-0.4, -0.2) is 18.3 Å². The van der Waals surface area contributed by atoms with Crippen LogP contribution >= 0.6 is 0 Å². The zero-order valence-electron chi connectivity index (χ0n) is 32.4. The van der Waals surface area contributed by atoms with Gasteiger partial charge < -0.3 is 18.3 Å². The molecule has 0 aliphatic carbocycles. The average molecular weight is 784 g/mol. The molecule has 0 spiro atoms. The van der Waals surface area contributed by atoms with E-state index in [-0.39, 0.29) is 0 Å². The summed E-state index contributed by atoms with van der Waals surface area (Å²) in [5, 5.41) is 19.9. The lowest BCUT2D eigenvalue weighted by Gasteiger charge is -2.19. The number of aryl methyl sites for hydroxylation is 2. The lowest BCUT2D eigenvalue weighted by molar-refractivity contribution is -0.137. The molecule has 0 fully saturated rings. The predicted octanol–water partition coefficient (Wildman–Crippen LogP) is 13.7. The molecule has 4 heterocycles. The van der Waals surface area contributed by atoms with Crippen LogP contribution in [0.2, 0.25) is 0 Å². The largest absolute Gasteiger partial charge is 0.416 e. The van der Waals surface area contributed by atoms with Gasteiger partial charge in [0.25, 0.3) is 0 Å². The van der Waals surface area contributed by atoms with Crippen LogP contribution in [0.4, 0.5) is 13.2 Å². The van der Waals surface area contributed by atoms with Crippen molar-refractivity contribution in [2.75, 3.05) is 0 Å². The summed E-state index contributed by atoms with van der Waals surface area (Å²) in [6.07, 6.45) is -4.55. The number of halogens is 3. The number of aromatic nitrogens is 4. The molecule has 12 aromatic rings. The number of nitrogens with zero attached hydrogens (tertiary/aromatic N) is 5. The molecule has 0 unspecified atom stereocenters. The lowest BCUT2D eigenvalue weighted by Crippen LogP contribution is -2.06. The number of hydrogen-bond acceptors (Lipinski definition) is 1. The van der Waals surface area contributed by atoms with Gasteiger partial charge in [-0.25, -0.2) is 0 Å². The Kier molecular flexibility index (Phi) is 6.94. The van der Waals surface area contributed by atoms with Gasteiger partial charge in [0, 0.05) is 68.2 Å². The van der Waals surface area contributed by atoms with E-state index in [9.17, 15) is 18.4 Å². The van der Waals surface area contributed by atoms with E-state index in [1.807, 2.05) is 60.7 Å². The van der Waals surface area contributed by atoms with Crippen LogP contribution in [-0.2, 0) is 20.3 Å². The third-order valence-corrected chi connectivity index (χ3v) is 12.6. The van der Waals surface area contributed by atoms with Gasteiger partial charge in [-0.3, -0.25) is 0 Å². The average Bonchev–Trinajstić information content (AvgIpc) is 3.98. The SMILES string of the molecule is Cn1c2ccccc2c2c1ccc1c3ccccc3n(-c3cc(-c4cccc(C(F)(F)F)c4)cc(-n4c5ccccc5c5ccc6c(c7ccccc7n6C)c54)c3C#N)c12. The van der Waals surface area contributed by atoms with Gasteiger partial charge >= 0.3 is 6.18 Å². The minimum Gasteiger partial charge on any atom is -0.344 e. The highest BCUT2D eigenvalue weighted by Crippen LogP contribution is 2.46. The monoisotopic (exact) mass is 783 g/mol. The van der Waals surface area contributed by atoms with Gasteiger partial charge in [0.2, 0.25) is 0 Å². The summed E-state index contributed by atoms with van der Waals surface area (Å²) in [7, 11) is 4.12. The summed E-state index contributed by atoms with van der Waals surface area (Å²) >= 11 is 0. The maximum atomic E-state index is 14.4. The fourth-order valence-corrected chi connectivity index (χ4v) is 10.0. The van der Waals surface area contributed by atoms with Crippen molar-refractivity contribution in [3.63, 3.8) is 0 Å². The maximum Gasteiger partial charge on any atom is 0.416 e. The Morgan fingerprint density at radius 1 is 0.433 bits per heavy atom. The van der Waals surface area contributed by atoms with Crippen LogP contribution < -0.4 is 0 Å². The van der Waals surface area contributed by atoms with Crippen molar-refractivity contribution < 1.29 is 13.2 Å². The third-order valence-electron chi connectivity index (χ3n) is 12.6. The first-order valence-electron chi connectivity index (χ1n) is 19.8. The molecule has 0 aliphatic rings. The van der Waals surface area contributed by atoms with E-state index in [0.29, 0.717) is 28.1 Å². The fourth-order valence-electron chi connectivity index (χ4n) is 10.0. The van der Waals surface area contributed by atoms with Crippen molar-refractivity contribution >= 4 is 87.2 Å². The molecule has 0 N–H and O–H groups in total. The Labute approximate surface area is 340 Å². The van der Waals surface area contributed by atoms with Crippen molar-refractivity contribution in [3.05, 3.63) is 169 Å². The number of fused-ring (bicyclic) bond motifs is 14. The first-order valence-corrected chi connectivity index (χ1v) is 19.8. The standard InChI is InChI=1S/C52H32F3N5/c1-57-40-18-7-5-16-37(40)48-44(57)24-22-35-33-14-3-9-20-42(33)59(50(35)48)46-27-31(30-12-11-13-32(26-30)52(53,54)55)28-47(39(46)29-56)60-43-21-10-4-15-34(43)36-23-25-45-49(51(36)60)38-17-6-8-19-41(38)58(45)2/h3-28H,1-2H3. The molecule has 0 radical (unpaired) electrons. The van der Waals surface area contributed by atoms with Gasteiger partial charge in [0.05, 0.1) is 50.0 Å². The normalized spacial score (nSPS) is 12.4. The van der Waals surface area contributed by atoms with E-state index in [2.05, 4.69) is 111 Å². The highest BCUT2D eigenvalue weighted by molar-refractivity contribution is 6.27. The first kappa shape index (κ1) is 34.3. The van der Waals surface area contributed by atoms with Gasteiger partial charge in [0.1, 0.15) is 11.6 Å². The summed E-state index contributed by atoms with van der Waals surface area (Å²) in [5.74, 6) is 0. The van der Waals surface area contributed by atoms with E-state index in [4.69, 9.17) is 0 Å². The molecule has 8 aromatic carbocycles. The Morgan fingerprint density at radius 3 is 1.35 bits per heavy atom. The van der Waals surface area contributed by atoms with Crippen LogP contribution in [0.25, 0.3) is 110 Å². The maximum absolute atomic E-state index is 14.4. The smallest absolute Gasteiger partial charge is 0.344 e. The summed E-state index contributed by atoms with van der Waals surface area (Å²) in [6, 6.07) is 53.5. The van der Waals surface area contributed by atoms with Gasteiger partial charge in [-0.2, -0.15) is 18.4 Å². The van der Waals surface area contributed by atoms with E-state index in [1.54, 1.807) is 6.07 Å². The molecule has 8 heteroatoms. The fraction of sp³-hybridized carbons (Fsp3) is 0.0577. The van der Waals surface area contributed by atoms with Crippen molar-refractivity contribution in [1.82, 2.24) is 18.3 Å². The summed E-state index contributed by atoms with van der Waals surface area (Å²) in [6.45, 7) is 0. The van der Waals surface area contributed by atoms with Crippen molar-refractivity contribution in [2.24, 2.45) is 14.1 Å². The van der Waals surface area contributed by atoms with Crippen LogP contribution in [0.3, 0.4) is 0 Å². The molecule has 0 amide bonds. The summed E-state index contributed by atoms with van der Waals surface area (Å²) in [5.41, 5.74) is 9.56. The van der Waals surface area contributed by atoms with Crippen molar-refractivity contribution in [3.8, 4) is 28.6 Å². The Hall–Kier alpha value is -7.76.